The largest absolute Gasteiger partial charge is 0.497 e. The Morgan fingerprint density at radius 2 is 1.91 bits per heavy atom. The van der Waals surface area contributed by atoms with Crippen LogP contribution in [0.15, 0.2) is 49.1 Å². The fraction of sp³-hybridized carbons (Fsp3) is 0.263. The van der Waals surface area contributed by atoms with Crippen LogP contribution in [0.4, 0.5) is 0 Å². The van der Waals surface area contributed by atoms with Gasteiger partial charge in [0.1, 0.15) is 35.7 Å². The minimum absolute atomic E-state index is 0.0192. The van der Waals surface area contributed by atoms with Crippen molar-refractivity contribution in [3.05, 3.63) is 60.2 Å². The van der Waals surface area contributed by atoms with Crippen LogP contribution in [0.1, 0.15) is 23.1 Å². The third-order valence-corrected chi connectivity index (χ3v) is 4.32. The van der Waals surface area contributed by atoms with Gasteiger partial charge in [-0.1, -0.05) is 18.7 Å². The van der Waals surface area contributed by atoms with Gasteiger partial charge in [-0.2, -0.15) is 0 Å². The maximum atomic E-state index is 6.18. The standard InChI is InChI=1S/C19H18O4/c1-3-8-21-13-5-7-15-17(10-13)22-11-16-14-6-4-12(20-2)9-18(14)23-19(15)16/h3-7,9-10,16,19H,1,8,11H2,2H3/t16-,19-/m1/s1. The summed E-state index contributed by atoms with van der Waals surface area (Å²) in [6.07, 6.45) is 1.70. The molecule has 0 saturated carbocycles. The Kier molecular flexibility index (Phi) is 3.37. The van der Waals surface area contributed by atoms with Gasteiger partial charge < -0.3 is 18.9 Å². The molecule has 0 saturated heterocycles. The predicted octanol–water partition coefficient (Wildman–Crippen LogP) is 3.87. The van der Waals surface area contributed by atoms with E-state index in [1.54, 1.807) is 13.2 Å². The van der Waals surface area contributed by atoms with E-state index >= 15 is 0 Å². The smallest absolute Gasteiger partial charge is 0.138 e. The summed E-state index contributed by atoms with van der Waals surface area (Å²) in [4.78, 5) is 0. The molecular formula is C19H18O4. The lowest BCUT2D eigenvalue weighted by molar-refractivity contribution is 0.139. The summed E-state index contributed by atoms with van der Waals surface area (Å²) < 4.78 is 23.0. The van der Waals surface area contributed by atoms with Gasteiger partial charge in [0.05, 0.1) is 19.6 Å². The van der Waals surface area contributed by atoms with Crippen LogP contribution in [0, 0.1) is 0 Å². The molecule has 0 N–H and O–H groups in total. The van der Waals surface area contributed by atoms with Crippen molar-refractivity contribution in [3.63, 3.8) is 0 Å². The highest BCUT2D eigenvalue weighted by molar-refractivity contribution is 5.52. The maximum Gasteiger partial charge on any atom is 0.138 e. The third kappa shape index (κ3) is 2.31. The number of ether oxygens (including phenoxy) is 4. The summed E-state index contributed by atoms with van der Waals surface area (Å²) in [6, 6.07) is 11.9. The van der Waals surface area contributed by atoms with Crippen LogP contribution in [-0.4, -0.2) is 20.3 Å². The molecule has 0 unspecified atom stereocenters. The van der Waals surface area contributed by atoms with Crippen LogP contribution in [0.25, 0.3) is 0 Å². The zero-order valence-electron chi connectivity index (χ0n) is 13.0. The summed E-state index contributed by atoms with van der Waals surface area (Å²) in [5.41, 5.74) is 2.23. The summed E-state index contributed by atoms with van der Waals surface area (Å²) in [5.74, 6) is 3.50. The highest BCUT2D eigenvalue weighted by Crippen LogP contribution is 2.52. The van der Waals surface area contributed by atoms with E-state index in [0.29, 0.717) is 13.2 Å². The number of hydrogen-bond donors (Lipinski definition) is 0. The molecule has 2 atom stereocenters. The molecule has 0 aromatic heterocycles. The van der Waals surface area contributed by atoms with Crippen molar-refractivity contribution < 1.29 is 18.9 Å². The fourth-order valence-corrected chi connectivity index (χ4v) is 3.19. The van der Waals surface area contributed by atoms with Crippen molar-refractivity contribution in [2.75, 3.05) is 20.3 Å². The highest BCUT2D eigenvalue weighted by Gasteiger charge is 2.40. The summed E-state index contributed by atoms with van der Waals surface area (Å²) in [6.45, 7) is 4.74. The van der Waals surface area contributed by atoms with Gasteiger partial charge in [0.2, 0.25) is 0 Å². The van der Waals surface area contributed by atoms with Gasteiger partial charge in [0.25, 0.3) is 0 Å². The van der Waals surface area contributed by atoms with E-state index in [1.807, 2.05) is 30.3 Å². The summed E-state index contributed by atoms with van der Waals surface area (Å²) in [5, 5.41) is 0. The van der Waals surface area contributed by atoms with Crippen LogP contribution in [0.5, 0.6) is 23.0 Å². The molecule has 4 heteroatoms. The van der Waals surface area contributed by atoms with Crippen molar-refractivity contribution in [3.8, 4) is 23.0 Å². The molecule has 0 aliphatic carbocycles. The number of rotatable bonds is 4. The number of benzene rings is 2. The lowest BCUT2D eigenvalue weighted by atomic mass is 9.89. The van der Waals surface area contributed by atoms with Gasteiger partial charge in [0, 0.05) is 23.3 Å². The summed E-state index contributed by atoms with van der Waals surface area (Å²) in [7, 11) is 1.66. The molecule has 4 nitrogen and oxygen atoms in total. The zero-order valence-corrected chi connectivity index (χ0v) is 13.0. The Labute approximate surface area is 135 Å². The molecule has 0 radical (unpaired) electrons. The second kappa shape index (κ2) is 5.54. The minimum atomic E-state index is -0.0192. The van der Waals surface area contributed by atoms with Crippen molar-refractivity contribution in [1.82, 2.24) is 0 Å². The molecule has 2 heterocycles. The van der Waals surface area contributed by atoms with Crippen molar-refractivity contribution in [2.45, 2.75) is 12.0 Å². The molecule has 23 heavy (non-hydrogen) atoms. The SMILES string of the molecule is C=CCOc1ccc2c(c1)OC[C@@H]1c3ccc(OC)cc3O[C@H]21. The second-order valence-electron chi connectivity index (χ2n) is 5.66. The zero-order chi connectivity index (χ0) is 15.8. The topological polar surface area (TPSA) is 36.9 Å². The normalized spacial score (nSPS) is 20.4. The van der Waals surface area contributed by atoms with Crippen LogP contribution >= 0.6 is 0 Å². The Hall–Kier alpha value is -2.62. The van der Waals surface area contributed by atoms with Crippen molar-refractivity contribution >= 4 is 0 Å². The van der Waals surface area contributed by atoms with E-state index in [0.717, 1.165) is 28.6 Å². The lowest BCUT2D eigenvalue weighted by Crippen LogP contribution is -2.23. The molecule has 0 spiro atoms. The van der Waals surface area contributed by atoms with E-state index in [-0.39, 0.29) is 12.0 Å². The molecule has 2 aromatic rings. The fourth-order valence-electron chi connectivity index (χ4n) is 3.19. The molecule has 2 aliphatic heterocycles. The van der Waals surface area contributed by atoms with Crippen LogP contribution < -0.4 is 18.9 Å². The Morgan fingerprint density at radius 1 is 1.13 bits per heavy atom. The molecule has 0 amide bonds. The first-order valence-electron chi connectivity index (χ1n) is 7.65. The Morgan fingerprint density at radius 3 is 2.74 bits per heavy atom. The number of hydrogen-bond acceptors (Lipinski definition) is 4. The average molecular weight is 310 g/mol. The van der Waals surface area contributed by atoms with Gasteiger partial charge in [-0.3, -0.25) is 0 Å². The first-order chi connectivity index (χ1) is 11.3. The number of methoxy groups -OCH3 is 1. The van der Waals surface area contributed by atoms with Crippen molar-refractivity contribution in [2.24, 2.45) is 0 Å². The second-order valence-corrected chi connectivity index (χ2v) is 5.66. The molecule has 0 bridgehead atoms. The van der Waals surface area contributed by atoms with Gasteiger partial charge in [-0.25, -0.2) is 0 Å². The van der Waals surface area contributed by atoms with Crippen molar-refractivity contribution in [1.29, 1.82) is 0 Å². The molecule has 2 aliphatic rings. The Bertz CT molecular complexity index is 753. The van der Waals surface area contributed by atoms with Gasteiger partial charge >= 0.3 is 0 Å². The maximum absolute atomic E-state index is 6.18. The third-order valence-electron chi connectivity index (χ3n) is 4.32. The van der Waals surface area contributed by atoms with E-state index in [2.05, 4.69) is 12.6 Å². The number of fused-ring (bicyclic) bond motifs is 5. The minimum Gasteiger partial charge on any atom is -0.497 e. The van der Waals surface area contributed by atoms with Gasteiger partial charge in [-0.15, -0.1) is 0 Å². The Balaban J connectivity index is 1.65. The van der Waals surface area contributed by atoms with Crippen LogP contribution in [0.3, 0.4) is 0 Å². The van der Waals surface area contributed by atoms with Gasteiger partial charge in [-0.05, 0) is 18.2 Å². The summed E-state index contributed by atoms with van der Waals surface area (Å²) >= 11 is 0. The van der Waals surface area contributed by atoms with E-state index < -0.39 is 0 Å². The first kappa shape index (κ1) is 14.0. The van der Waals surface area contributed by atoms with Crippen LogP contribution in [0.2, 0.25) is 0 Å². The van der Waals surface area contributed by atoms with Gasteiger partial charge in [0.15, 0.2) is 0 Å². The molecular weight excluding hydrogens is 292 g/mol. The molecule has 0 fully saturated rings. The van der Waals surface area contributed by atoms with E-state index in [9.17, 15) is 0 Å². The highest BCUT2D eigenvalue weighted by atomic mass is 16.5. The predicted molar refractivity (Wildman–Crippen MR) is 86.7 cm³/mol. The monoisotopic (exact) mass is 310 g/mol. The first-order valence-corrected chi connectivity index (χ1v) is 7.65. The molecule has 4 rings (SSSR count). The molecule has 118 valence electrons. The molecule has 2 aromatic carbocycles. The van der Waals surface area contributed by atoms with Crippen LogP contribution in [-0.2, 0) is 0 Å². The quantitative estimate of drug-likeness (QED) is 0.803. The lowest BCUT2D eigenvalue weighted by Gasteiger charge is -2.28. The average Bonchev–Trinajstić information content (AvgIpc) is 2.97. The van der Waals surface area contributed by atoms with E-state index in [1.165, 1.54) is 5.56 Å². The van der Waals surface area contributed by atoms with E-state index in [4.69, 9.17) is 18.9 Å².